The number of rotatable bonds is 12. The van der Waals surface area contributed by atoms with Crippen LogP contribution in [0.1, 0.15) is 24.8 Å². The second kappa shape index (κ2) is 13.0. The molecule has 178 valence electrons. The topological polar surface area (TPSA) is 103 Å². The average Bonchev–Trinajstić information content (AvgIpc) is 2.85. The predicted molar refractivity (Wildman–Crippen MR) is 133 cm³/mol. The minimum Gasteiger partial charge on any atom is -0.484 e. The molecule has 0 heterocycles. The third kappa shape index (κ3) is 8.26. The standard InChI is InChI=1S/C27H31N3O4/c1-20-10-12-21(13-11-20)29-27(32)25(9-5-6-18-28)30-26(31)19-33-22-14-16-24(17-15-22)34-23-7-3-2-4-8-23/h2-4,7-8,10-17,25H,5-6,9,18-19,28H2,1H3,(H,29,32)(H,30,31)/t25-/m0/s1. The fourth-order valence-electron chi connectivity index (χ4n) is 3.24. The molecule has 7 heteroatoms. The van der Waals surface area contributed by atoms with Gasteiger partial charge in [0.1, 0.15) is 23.3 Å². The van der Waals surface area contributed by atoms with Gasteiger partial charge in [0.25, 0.3) is 5.91 Å². The van der Waals surface area contributed by atoms with Crippen LogP contribution < -0.4 is 25.8 Å². The van der Waals surface area contributed by atoms with Crippen LogP contribution in [-0.2, 0) is 9.59 Å². The molecule has 0 unspecified atom stereocenters. The van der Waals surface area contributed by atoms with Crippen LogP contribution in [0.5, 0.6) is 17.2 Å². The number of carbonyl (C=O) groups excluding carboxylic acids is 2. The molecule has 1 atom stereocenters. The zero-order chi connectivity index (χ0) is 24.2. The molecule has 3 aromatic rings. The van der Waals surface area contributed by atoms with Crippen molar-refractivity contribution in [3.63, 3.8) is 0 Å². The third-order valence-electron chi connectivity index (χ3n) is 5.09. The van der Waals surface area contributed by atoms with E-state index < -0.39 is 6.04 Å². The Kier molecular flexibility index (Phi) is 9.49. The quantitative estimate of drug-likeness (QED) is 0.347. The highest BCUT2D eigenvalue weighted by Crippen LogP contribution is 2.23. The summed E-state index contributed by atoms with van der Waals surface area (Å²) in [5, 5.41) is 5.64. The van der Waals surface area contributed by atoms with Crippen molar-refractivity contribution in [3.05, 3.63) is 84.4 Å². The second-order valence-electron chi connectivity index (χ2n) is 7.94. The summed E-state index contributed by atoms with van der Waals surface area (Å²) < 4.78 is 11.3. The third-order valence-corrected chi connectivity index (χ3v) is 5.09. The number of unbranched alkanes of at least 4 members (excludes halogenated alkanes) is 1. The number of para-hydroxylation sites is 1. The Hall–Kier alpha value is -3.84. The number of carbonyl (C=O) groups is 2. The minimum atomic E-state index is -0.675. The van der Waals surface area contributed by atoms with E-state index in [9.17, 15) is 9.59 Å². The minimum absolute atomic E-state index is 0.204. The van der Waals surface area contributed by atoms with Crippen LogP contribution in [0.25, 0.3) is 0 Å². The fourth-order valence-corrected chi connectivity index (χ4v) is 3.24. The van der Waals surface area contributed by atoms with E-state index in [-0.39, 0.29) is 18.4 Å². The molecule has 0 bridgehead atoms. The lowest BCUT2D eigenvalue weighted by molar-refractivity contribution is -0.128. The van der Waals surface area contributed by atoms with E-state index in [1.807, 2.05) is 61.5 Å². The highest BCUT2D eigenvalue weighted by molar-refractivity contribution is 5.97. The second-order valence-corrected chi connectivity index (χ2v) is 7.94. The summed E-state index contributed by atoms with van der Waals surface area (Å²) in [7, 11) is 0. The molecular weight excluding hydrogens is 430 g/mol. The molecule has 34 heavy (non-hydrogen) atoms. The van der Waals surface area contributed by atoms with E-state index in [2.05, 4.69) is 10.6 Å². The van der Waals surface area contributed by atoms with Crippen molar-refractivity contribution in [3.8, 4) is 17.2 Å². The maximum Gasteiger partial charge on any atom is 0.258 e. The predicted octanol–water partition coefficient (Wildman–Crippen LogP) is 4.42. The first-order chi connectivity index (χ1) is 16.5. The maximum absolute atomic E-state index is 12.8. The van der Waals surface area contributed by atoms with Crippen molar-refractivity contribution in [2.45, 2.75) is 32.2 Å². The number of nitrogens with two attached hydrogens (primary N) is 1. The zero-order valence-electron chi connectivity index (χ0n) is 19.3. The lowest BCUT2D eigenvalue weighted by Crippen LogP contribution is -2.45. The molecule has 7 nitrogen and oxygen atoms in total. The van der Waals surface area contributed by atoms with Crippen LogP contribution in [0.4, 0.5) is 5.69 Å². The molecule has 0 aliphatic heterocycles. The summed E-state index contributed by atoms with van der Waals surface area (Å²) in [6, 6.07) is 23.3. The lowest BCUT2D eigenvalue weighted by atomic mass is 10.1. The molecular formula is C27H31N3O4. The number of ether oxygens (including phenoxy) is 2. The van der Waals surface area contributed by atoms with Crippen LogP contribution in [0.3, 0.4) is 0 Å². The Morgan fingerprint density at radius 2 is 1.50 bits per heavy atom. The number of hydrogen-bond donors (Lipinski definition) is 3. The van der Waals surface area contributed by atoms with Gasteiger partial charge in [-0.25, -0.2) is 0 Å². The Morgan fingerprint density at radius 3 is 2.18 bits per heavy atom. The molecule has 4 N–H and O–H groups in total. The summed E-state index contributed by atoms with van der Waals surface area (Å²) >= 11 is 0. The number of nitrogens with one attached hydrogen (secondary N) is 2. The largest absolute Gasteiger partial charge is 0.484 e. The van der Waals surface area contributed by atoms with Crippen molar-refractivity contribution in [2.24, 2.45) is 5.73 Å². The van der Waals surface area contributed by atoms with E-state index >= 15 is 0 Å². The van der Waals surface area contributed by atoms with Gasteiger partial charge in [0.05, 0.1) is 0 Å². The van der Waals surface area contributed by atoms with Crippen molar-refractivity contribution >= 4 is 17.5 Å². The van der Waals surface area contributed by atoms with E-state index in [1.54, 1.807) is 24.3 Å². The number of benzene rings is 3. The molecule has 0 radical (unpaired) electrons. The molecule has 0 spiro atoms. The van der Waals surface area contributed by atoms with Crippen molar-refractivity contribution in [2.75, 3.05) is 18.5 Å². The highest BCUT2D eigenvalue weighted by atomic mass is 16.5. The Morgan fingerprint density at radius 1 is 0.853 bits per heavy atom. The van der Waals surface area contributed by atoms with Crippen LogP contribution in [0, 0.1) is 6.92 Å². The fraction of sp³-hybridized carbons (Fsp3) is 0.259. The smallest absolute Gasteiger partial charge is 0.258 e. The molecule has 0 aromatic heterocycles. The zero-order valence-corrected chi connectivity index (χ0v) is 19.3. The van der Waals surface area contributed by atoms with Gasteiger partial charge in [-0.1, -0.05) is 35.9 Å². The number of hydrogen-bond acceptors (Lipinski definition) is 5. The SMILES string of the molecule is Cc1ccc(NC(=O)[C@H](CCCCN)NC(=O)COc2ccc(Oc3ccccc3)cc2)cc1. The van der Waals surface area contributed by atoms with Gasteiger partial charge in [0.2, 0.25) is 5.91 Å². The van der Waals surface area contributed by atoms with E-state index in [1.165, 1.54) is 0 Å². The van der Waals surface area contributed by atoms with Gasteiger partial charge < -0.3 is 25.8 Å². The number of aryl methyl sites for hydroxylation is 1. The summed E-state index contributed by atoms with van der Waals surface area (Å²) in [6.45, 7) is 2.31. The molecule has 0 fully saturated rings. The molecule has 3 rings (SSSR count). The van der Waals surface area contributed by atoms with Gasteiger partial charge in [0.15, 0.2) is 6.61 Å². The summed E-state index contributed by atoms with van der Waals surface area (Å²) in [4.78, 5) is 25.3. The molecule has 3 aromatic carbocycles. The Bertz CT molecular complexity index is 1040. The van der Waals surface area contributed by atoms with Crippen LogP contribution >= 0.6 is 0 Å². The summed E-state index contributed by atoms with van der Waals surface area (Å²) in [6.07, 6.45) is 2.00. The number of anilines is 1. The normalized spacial score (nSPS) is 11.4. The average molecular weight is 462 g/mol. The highest BCUT2D eigenvalue weighted by Gasteiger charge is 2.21. The summed E-state index contributed by atoms with van der Waals surface area (Å²) in [5.74, 6) is 1.29. The Labute approximate surface area is 200 Å². The first kappa shape index (κ1) is 24.8. The molecule has 0 aliphatic rings. The van der Waals surface area contributed by atoms with E-state index in [4.69, 9.17) is 15.2 Å². The molecule has 0 aliphatic carbocycles. The Balaban J connectivity index is 1.51. The van der Waals surface area contributed by atoms with Crippen molar-refractivity contribution in [1.29, 1.82) is 0 Å². The van der Waals surface area contributed by atoms with Gasteiger partial charge in [-0.05, 0) is 81.3 Å². The molecule has 0 saturated heterocycles. The van der Waals surface area contributed by atoms with Crippen LogP contribution in [0.15, 0.2) is 78.9 Å². The first-order valence-electron chi connectivity index (χ1n) is 11.4. The van der Waals surface area contributed by atoms with Gasteiger partial charge in [0, 0.05) is 5.69 Å². The van der Waals surface area contributed by atoms with E-state index in [0.717, 1.165) is 24.2 Å². The lowest BCUT2D eigenvalue weighted by Gasteiger charge is -2.19. The van der Waals surface area contributed by atoms with Gasteiger partial charge in [-0.3, -0.25) is 9.59 Å². The first-order valence-corrected chi connectivity index (χ1v) is 11.4. The van der Waals surface area contributed by atoms with Crippen LogP contribution in [-0.4, -0.2) is 31.0 Å². The van der Waals surface area contributed by atoms with E-state index in [0.29, 0.717) is 30.2 Å². The van der Waals surface area contributed by atoms with Gasteiger partial charge in [-0.15, -0.1) is 0 Å². The van der Waals surface area contributed by atoms with Gasteiger partial charge >= 0.3 is 0 Å². The van der Waals surface area contributed by atoms with Crippen LogP contribution in [0.2, 0.25) is 0 Å². The van der Waals surface area contributed by atoms with Crippen molar-refractivity contribution < 1.29 is 19.1 Å². The monoisotopic (exact) mass is 461 g/mol. The van der Waals surface area contributed by atoms with Gasteiger partial charge in [-0.2, -0.15) is 0 Å². The molecule has 2 amide bonds. The van der Waals surface area contributed by atoms with Crippen molar-refractivity contribution in [1.82, 2.24) is 5.32 Å². The number of amides is 2. The summed E-state index contributed by atoms with van der Waals surface area (Å²) in [5.41, 5.74) is 7.36. The molecule has 0 saturated carbocycles. The maximum atomic E-state index is 12.8.